The van der Waals surface area contributed by atoms with Crippen LogP contribution in [0.4, 0.5) is 0 Å². The van der Waals surface area contributed by atoms with Crippen molar-refractivity contribution in [3.63, 3.8) is 0 Å². The van der Waals surface area contributed by atoms with E-state index < -0.39 is 0 Å². The van der Waals surface area contributed by atoms with E-state index in [9.17, 15) is 0 Å². The Hall–Kier alpha value is -0.380. The van der Waals surface area contributed by atoms with Crippen LogP contribution in [0.3, 0.4) is 0 Å². The lowest BCUT2D eigenvalue weighted by atomic mass is 10.4. The zero-order valence-electron chi connectivity index (χ0n) is 11.6. The fraction of sp³-hybridized carbons (Fsp3) is 0.846. The molecular weight excluding hydrogens is 198 g/mol. The maximum atomic E-state index is 3.84. The minimum atomic E-state index is 0.965. The van der Waals surface area contributed by atoms with Crippen LogP contribution >= 0.6 is 0 Å². The van der Waals surface area contributed by atoms with Crippen molar-refractivity contribution in [2.24, 2.45) is 0 Å². The molecule has 0 aromatic heterocycles. The second-order valence-corrected chi connectivity index (χ2v) is 4.03. The van der Waals surface area contributed by atoms with E-state index in [0.29, 0.717) is 0 Å². The van der Waals surface area contributed by atoms with E-state index in [1.165, 1.54) is 0 Å². The molecule has 0 fully saturated rings. The molecule has 0 aromatic carbocycles. The molecule has 0 amide bonds. The predicted octanol–water partition coefficient (Wildman–Crippen LogP) is 2.07. The smallest absolute Gasteiger partial charge is 0.0521 e. The average molecular weight is 227 g/mol. The third-order valence-corrected chi connectivity index (χ3v) is 2.98. The van der Waals surface area contributed by atoms with Gasteiger partial charge in [0.15, 0.2) is 0 Å². The van der Waals surface area contributed by atoms with Crippen molar-refractivity contribution in [3.8, 4) is 0 Å². The lowest BCUT2D eigenvalue weighted by molar-refractivity contribution is 0.0888. The fourth-order valence-corrected chi connectivity index (χ4v) is 1.76. The molecule has 0 spiro atoms. The van der Waals surface area contributed by atoms with Gasteiger partial charge in [-0.25, -0.2) is 0 Å². The molecule has 0 aromatic rings. The minimum Gasteiger partial charge on any atom is -0.291 e. The molecule has 0 unspecified atom stereocenters. The second-order valence-electron chi connectivity index (χ2n) is 4.03. The fourth-order valence-electron chi connectivity index (χ4n) is 1.76. The van der Waals surface area contributed by atoms with Crippen LogP contribution in [0.1, 0.15) is 27.7 Å². The molecular formula is C13H29N3. The molecule has 0 bridgehead atoms. The van der Waals surface area contributed by atoms with Crippen LogP contribution in [-0.2, 0) is 0 Å². The van der Waals surface area contributed by atoms with Gasteiger partial charge >= 0.3 is 0 Å². The Bertz CT molecular complexity index is 149. The van der Waals surface area contributed by atoms with Crippen molar-refractivity contribution in [1.82, 2.24) is 14.7 Å². The number of rotatable bonds is 10. The van der Waals surface area contributed by atoms with Crippen molar-refractivity contribution in [1.29, 1.82) is 0 Å². The summed E-state index contributed by atoms with van der Waals surface area (Å²) in [6.45, 7) is 20.2. The van der Waals surface area contributed by atoms with Gasteiger partial charge in [0, 0.05) is 6.54 Å². The van der Waals surface area contributed by atoms with Gasteiger partial charge in [-0.15, -0.1) is 6.58 Å². The van der Waals surface area contributed by atoms with Crippen molar-refractivity contribution < 1.29 is 0 Å². The van der Waals surface area contributed by atoms with Crippen LogP contribution < -0.4 is 0 Å². The van der Waals surface area contributed by atoms with Gasteiger partial charge in [0.25, 0.3) is 0 Å². The Kier molecular flexibility index (Phi) is 9.59. The summed E-state index contributed by atoms with van der Waals surface area (Å²) < 4.78 is 0. The van der Waals surface area contributed by atoms with Gasteiger partial charge in [-0.05, 0) is 26.2 Å². The average Bonchev–Trinajstić information content (AvgIpc) is 2.32. The molecule has 96 valence electrons. The van der Waals surface area contributed by atoms with Crippen LogP contribution in [0.5, 0.6) is 0 Å². The topological polar surface area (TPSA) is 9.72 Å². The summed E-state index contributed by atoms with van der Waals surface area (Å²) in [6.07, 6.45) is 1.99. The van der Waals surface area contributed by atoms with Crippen molar-refractivity contribution in [2.75, 3.05) is 46.1 Å². The van der Waals surface area contributed by atoms with Gasteiger partial charge < -0.3 is 0 Å². The lowest BCUT2D eigenvalue weighted by Gasteiger charge is -2.32. The van der Waals surface area contributed by atoms with Crippen LogP contribution in [-0.4, -0.2) is 60.8 Å². The summed E-state index contributed by atoms with van der Waals surface area (Å²) in [5, 5.41) is 0. The summed E-state index contributed by atoms with van der Waals surface area (Å²) >= 11 is 0. The monoisotopic (exact) mass is 227 g/mol. The molecule has 0 heterocycles. The Morgan fingerprint density at radius 1 is 0.750 bits per heavy atom. The Morgan fingerprint density at radius 2 is 1.12 bits per heavy atom. The molecule has 0 saturated heterocycles. The summed E-state index contributed by atoms with van der Waals surface area (Å²) in [7, 11) is 0. The molecule has 0 saturated carbocycles. The predicted molar refractivity (Wildman–Crippen MR) is 72.5 cm³/mol. The van der Waals surface area contributed by atoms with E-state index in [-0.39, 0.29) is 0 Å². The third kappa shape index (κ3) is 6.26. The largest absolute Gasteiger partial charge is 0.291 e. The summed E-state index contributed by atoms with van der Waals surface area (Å²) in [5.74, 6) is 0. The number of nitrogens with zero attached hydrogens (tertiary/aromatic N) is 3. The SMILES string of the molecule is C=CCN(CN(CC)CC)CN(CC)CC. The highest BCUT2D eigenvalue weighted by Crippen LogP contribution is 1.98. The quantitative estimate of drug-likeness (QED) is 0.418. The van der Waals surface area contributed by atoms with Crippen LogP contribution in [0, 0.1) is 0 Å². The van der Waals surface area contributed by atoms with Crippen molar-refractivity contribution >= 4 is 0 Å². The van der Waals surface area contributed by atoms with E-state index in [2.05, 4.69) is 49.0 Å². The highest BCUT2D eigenvalue weighted by Gasteiger charge is 2.10. The standard InChI is InChI=1S/C13H29N3/c1-6-11-16(12-14(7-2)8-3)13-15(9-4)10-5/h6H,1,7-13H2,2-5H3. The molecule has 3 heteroatoms. The molecule has 0 aliphatic carbocycles. The molecule has 0 atom stereocenters. The molecule has 3 nitrogen and oxygen atoms in total. The third-order valence-electron chi connectivity index (χ3n) is 2.98. The second kappa shape index (κ2) is 9.82. The molecule has 0 radical (unpaired) electrons. The van der Waals surface area contributed by atoms with Crippen molar-refractivity contribution in [2.45, 2.75) is 27.7 Å². The molecule has 0 aliphatic rings. The molecule has 0 N–H and O–H groups in total. The van der Waals surface area contributed by atoms with Gasteiger partial charge in [-0.1, -0.05) is 33.8 Å². The minimum absolute atomic E-state index is 0.965. The van der Waals surface area contributed by atoms with Crippen LogP contribution in [0.15, 0.2) is 12.7 Å². The lowest BCUT2D eigenvalue weighted by Crippen LogP contribution is -2.44. The zero-order chi connectivity index (χ0) is 12.4. The van der Waals surface area contributed by atoms with E-state index in [4.69, 9.17) is 0 Å². The van der Waals surface area contributed by atoms with Crippen LogP contribution in [0.25, 0.3) is 0 Å². The Labute approximate surface area is 102 Å². The highest BCUT2D eigenvalue weighted by atomic mass is 15.4. The Balaban J connectivity index is 4.18. The van der Waals surface area contributed by atoms with E-state index in [1.807, 2.05) is 6.08 Å². The van der Waals surface area contributed by atoms with E-state index in [0.717, 1.165) is 46.1 Å². The normalized spacial score (nSPS) is 11.7. The van der Waals surface area contributed by atoms with Gasteiger partial charge in [0.1, 0.15) is 0 Å². The highest BCUT2D eigenvalue weighted by molar-refractivity contribution is 4.73. The zero-order valence-corrected chi connectivity index (χ0v) is 11.6. The number of hydrogen-bond donors (Lipinski definition) is 0. The van der Waals surface area contributed by atoms with E-state index >= 15 is 0 Å². The van der Waals surface area contributed by atoms with E-state index in [1.54, 1.807) is 0 Å². The van der Waals surface area contributed by atoms with Gasteiger partial charge in [0.2, 0.25) is 0 Å². The summed E-state index contributed by atoms with van der Waals surface area (Å²) in [5.41, 5.74) is 0. The first kappa shape index (κ1) is 15.6. The van der Waals surface area contributed by atoms with Gasteiger partial charge in [-0.3, -0.25) is 14.7 Å². The maximum absolute atomic E-state index is 3.84. The first-order valence-corrected chi connectivity index (χ1v) is 6.49. The Morgan fingerprint density at radius 3 is 1.38 bits per heavy atom. The van der Waals surface area contributed by atoms with Gasteiger partial charge in [0.05, 0.1) is 13.3 Å². The van der Waals surface area contributed by atoms with Crippen LogP contribution in [0.2, 0.25) is 0 Å². The molecule has 16 heavy (non-hydrogen) atoms. The summed E-state index contributed by atoms with van der Waals surface area (Å²) in [4.78, 5) is 7.31. The molecule has 0 aliphatic heterocycles. The first-order valence-electron chi connectivity index (χ1n) is 6.49. The van der Waals surface area contributed by atoms with Crippen molar-refractivity contribution in [3.05, 3.63) is 12.7 Å². The maximum Gasteiger partial charge on any atom is 0.0521 e. The number of hydrogen-bond acceptors (Lipinski definition) is 3. The molecule has 0 rings (SSSR count). The summed E-state index contributed by atoms with van der Waals surface area (Å²) in [6, 6.07) is 0. The van der Waals surface area contributed by atoms with Gasteiger partial charge in [-0.2, -0.15) is 0 Å². The first-order chi connectivity index (χ1) is 7.71.